The second-order valence-electron chi connectivity index (χ2n) is 1.56. The molecule has 1 atom stereocenters. The summed E-state index contributed by atoms with van der Waals surface area (Å²) in [6, 6.07) is 0. The quantitative estimate of drug-likeness (QED) is 0.414. The van der Waals surface area contributed by atoms with E-state index in [0.29, 0.717) is 0 Å². The zero-order valence-corrected chi connectivity index (χ0v) is 5.90. The van der Waals surface area contributed by atoms with Crippen LogP contribution in [-0.4, -0.2) is 34.4 Å². The van der Waals surface area contributed by atoms with Gasteiger partial charge in [-0.1, -0.05) is 0 Å². The van der Waals surface area contributed by atoms with Crippen LogP contribution in [0.5, 0.6) is 0 Å². The smallest absolute Gasteiger partial charge is 0.265 e. The van der Waals surface area contributed by atoms with Crippen molar-refractivity contribution in [1.82, 2.24) is 0 Å². The minimum atomic E-state index is -4.82. The van der Waals surface area contributed by atoms with Gasteiger partial charge in [0.1, 0.15) is 6.10 Å². The molecule has 0 spiro atoms. The molecule has 0 radical (unpaired) electrons. The van der Waals surface area contributed by atoms with E-state index in [1.807, 2.05) is 0 Å². The Morgan fingerprint density at radius 2 is 1.90 bits per heavy atom. The van der Waals surface area contributed by atoms with Crippen molar-refractivity contribution in [2.45, 2.75) is 6.10 Å². The van der Waals surface area contributed by atoms with E-state index in [1.54, 1.807) is 0 Å². The maximum absolute atomic E-state index is 9.90. The molecule has 0 amide bonds. The molecule has 0 bridgehead atoms. The van der Waals surface area contributed by atoms with Crippen molar-refractivity contribution in [1.29, 1.82) is 0 Å². The molecule has 7 heteroatoms. The molecule has 0 aromatic heterocycles. The van der Waals surface area contributed by atoms with Gasteiger partial charge in [-0.2, -0.15) is 0 Å². The van der Waals surface area contributed by atoms with Gasteiger partial charge in [0.2, 0.25) is 0 Å². The molecule has 0 aromatic rings. The van der Waals surface area contributed by atoms with Crippen molar-refractivity contribution >= 4 is 7.82 Å². The Hall–Kier alpha value is 0.0300. The minimum Gasteiger partial charge on any atom is -0.756 e. The fourth-order valence-corrected chi connectivity index (χ4v) is 0.823. The molecule has 0 saturated heterocycles. The summed E-state index contributed by atoms with van der Waals surface area (Å²) in [6.45, 7) is -1.33. The lowest BCUT2D eigenvalue weighted by Gasteiger charge is -2.20. The average molecular weight is 171 g/mol. The predicted molar refractivity (Wildman–Crippen MR) is 28.9 cm³/mol. The van der Waals surface area contributed by atoms with Gasteiger partial charge in [-0.3, -0.25) is 4.57 Å². The molecular weight excluding hydrogens is 163 g/mol. The summed E-state index contributed by atoms with van der Waals surface area (Å²) in [4.78, 5) is 17.9. The van der Waals surface area contributed by atoms with Crippen molar-refractivity contribution in [3.8, 4) is 0 Å². The Bertz CT molecular complexity index is 125. The van der Waals surface area contributed by atoms with E-state index in [4.69, 9.17) is 15.1 Å². The van der Waals surface area contributed by atoms with Crippen LogP contribution in [0.2, 0.25) is 0 Å². The third-order valence-corrected chi connectivity index (χ3v) is 1.25. The average Bonchev–Trinajstić information content (AvgIpc) is 1.81. The first kappa shape index (κ1) is 10.0. The monoisotopic (exact) mass is 171 g/mol. The summed E-state index contributed by atoms with van der Waals surface area (Å²) in [5.41, 5.74) is 0. The molecule has 0 fully saturated rings. The number of phosphoric acid groups is 1. The van der Waals surface area contributed by atoms with Crippen LogP contribution in [-0.2, 0) is 9.09 Å². The minimum absolute atomic E-state index is 0.663. The number of phosphoric ester groups is 1. The van der Waals surface area contributed by atoms with Crippen LogP contribution in [0.4, 0.5) is 0 Å². The van der Waals surface area contributed by atoms with E-state index >= 15 is 0 Å². The maximum Gasteiger partial charge on any atom is 0.265 e. The first-order chi connectivity index (χ1) is 4.49. The highest BCUT2D eigenvalue weighted by Gasteiger charge is 2.12. The van der Waals surface area contributed by atoms with Crippen LogP contribution in [0, 0.1) is 0 Å². The lowest BCUT2D eigenvalue weighted by molar-refractivity contribution is -0.226. The van der Waals surface area contributed by atoms with Gasteiger partial charge in [-0.25, -0.2) is 0 Å². The molecular formula is C3H8O6P-. The van der Waals surface area contributed by atoms with E-state index in [0.717, 1.165) is 0 Å². The number of hydrogen-bond donors (Lipinski definition) is 3. The highest BCUT2D eigenvalue weighted by atomic mass is 31.2. The summed E-state index contributed by atoms with van der Waals surface area (Å²) >= 11 is 0. The van der Waals surface area contributed by atoms with Crippen molar-refractivity contribution in [3.63, 3.8) is 0 Å². The maximum atomic E-state index is 9.90. The number of aliphatic hydroxyl groups is 2. The van der Waals surface area contributed by atoms with Crippen LogP contribution < -0.4 is 4.89 Å². The van der Waals surface area contributed by atoms with E-state index in [9.17, 15) is 9.46 Å². The molecule has 0 aliphatic carbocycles. The predicted octanol–water partition coefficient (Wildman–Crippen LogP) is -2.18. The Morgan fingerprint density at radius 1 is 1.50 bits per heavy atom. The van der Waals surface area contributed by atoms with Crippen LogP contribution in [0.3, 0.4) is 0 Å². The molecule has 6 nitrogen and oxygen atoms in total. The second kappa shape index (κ2) is 4.02. The summed E-state index contributed by atoms with van der Waals surface area (Å²) in [7, 11) is -4.82. The normalized spacial score (nSPS) is 17.3. The number of hydrogen-bond acceptors (Lipinski definition) is 5. The van der Waals surface area contributed by atoms with Gasteiger partial charge in [0.05, 0.1) is 13.2 Å². The third-order valence-electron chi connectivity index (χ3n) is 0.690. The molecule has 0 aliphatic heterocycles. The van der Waals surface area contributed by atoms with Crippen LogP contribution in [0.25, 0.3) is 0 Å². The van der Waals surface area contributed by atoms with Crippen LogP contribution in [0.15, 0.2) is 0 Å². The molecule has 62 valence electrons. The fraction of sp³-hybridized carbons (Fsp3) is 1.00. The van der Waals surface area contributed by atoms with Gasteiger partial charge >= 0.3 is 0 Å². The van der Waals surface area contributed by atoms with Crippen molar-refractivity contribution in [2.75, 3.05) is 13.2 Å². The molecule has 1 unspecified atom stereocenters. The van der Waals surface area contributed by atoms with E-state index in [-0.39, 0.29) is 0 Å². The molecule has 0 rings (SSSR count). The van der Waals surface area contributed by atoms with E-state index < -0.39 is 27.1 Å². The summed E-state index contributed by atoms with van der Waals surface area (Å²) in [6.07, 6.45) is -1.27. The summed E-state index contributed by atoms with van der Waals surface area (Å²) < 4.78 is 13.7. The summed E-state index contributed by atoms with van der Waals surface area (Å²) in [5, 5.41) is 16.5. The first-order valence-corrected chi connectivity index (χ1v) is 3.93. The van der Waals surface area contributed by atoms with Crippen molar-refractivity contribution in [3.05, 3.63) is 0 Å². The second-order valence-corrected chi connectivity index (χ2v) is 2.71. The zero-order valence-electron chi connectivity index (χ0n) is 5.01. The Balaban J connectivity index is 3.75. The Morgan fingerprint density at radius 3 is 2.00 bits per heavy atom. The van der Waals surface area contributed by atoms with Crippen LogP contribution in [0.1, 0.15) is 0 Å². The lowest BCUT2D eigenvalue weighted by atomic mass is 10.4. The number of aliphatic hydroxyl groups excluding tert-OH is 2. The van der Waals surface area contributed by atoms with Gasteiger partial charge in [0, 0.05) is 0 Å². The molecule has 0 heterocycles. The van der Waals surface area contributed by atoms with E-state index in [2.05, 4.69) is 4.52 Å². The van der Waals surface area contributed by atoms with Crippen molar-refractivity contribution < 1.29 is 29.1 Å². The Kier molecular flexibility index (Phi) is 4.04. The first-order valence-electron chi connectivity index (χ1n) is 2.43. The third kappa shape index (κ3) is 4.87. The van der Waals surface area contributed by atoms with E-state index in [1.165, 1.54) is 0 Å². The fourth-order valence-electron chi connectivity index (χ4n) is 0.313. The Labute approximate surface area is 57.3 Å². The van der Waals surface area contributed by atoms with Gasteiger partial charge in [-0.15, -0.1) is 0 Å². The largest absolute Gasteiger partial charge is 0.756 e. The zero-order chi connectivity index (χ0) is 8.20. The van der Waals surface area contributed by atoms with Crippen molar-refractivity contribution in [2.24, 2.45) is 0 Å². The molecule has 0 aromatic carbocycles. The van der Waals surface area contributed by atoms with Gasteiger partial charge in [0.25, 0.3) is 7.82 Å². The molecule has 0 aliphatic rings. The van der Waals surface area contributed by atoms with Gasteiger partial charge in [0.15, 0.2) is 0 Å². The highest BCUT2D eigenvalue weighted by molar-refractivity contribution is 7.44. The van der Waals surface area contributed by atoms with Gasteiger partial charge < -0.3 is 24.5 Å². The highest BCUT2D eigenvalue weighted by Crippen LogP contribution is 2.31. The molecule has 0 saturated carbocycles. The summed E-state index contributed by atoms with van der Waals surface area (Å²) in [5.74, 6) is 0. The lowest BCUT2D eigenvalue weighted by Crippen LogP contribution is -2.23. The number of rotatable bonds is 4. The van der Waals surface area contributed by atoms with Gasteiger partial charge in [-0.05, 0) is 0 Å². The molecule has 3 N–H and O–H groups in total. The molecule has 10 heavy (non-hydrogen) atoms. The topological polar surface area (TPSA) is 110 Å². The van der Waals surface area contributed by atoms with Crippen LogP contribution >= 0.6 is 7.82 Å². The SMILES string of the molecule is O=P([O-])(O)OC(CO)CO. The standard InChI is InChI=1S/C3H9O6P/c4-1-3(2-5)9-10(6,7)8/h3-5H,1-2H2,(H2,6,7,8)/p-1.